The van der Waals surface area contributed by atoms with E-state index in [-0.39, 0.29) is 6.04 Å². The normalized spacial score (nSPS) is 12.4. The molecule has 2 aromatic rings. The minimum absolute atomic E-state index is 0.241. The minimum Gasteiger partial charge on any atom is -0.310 e. The smallest absolute Gasteiger partial charge is 0.0595 e. The molecule has 0 amide bonds. The maximum absolute atomic E-state index is 6.16. The van der Waals surface area contributed by atoms with Crippen molar-refractivity contribution < 1.29 is 0 Å². The molecular formula is C18H21Cl2N. The van der Waals surface area contributed by atoms with Gasteiger partial charge in [0.25, 0.3) is 0 Å². The van der Waals surface area contributed by atoms with E-state index in [0.717, 1.165) is 13.0 Å². The second-order valence-electron chi connectivity index (χ2n) is 5.42. The quantitative estimate of drug-likeness (QED) is 0.766. The van der Waals surface area contributed by atoms with Crippen molar-refractivity contribution in [2.75, 3.05) is 6.54 Å². The predicted octanol–water partition coefficient (Wildman–Crippen LogP) is 5.50. The van der Waals surface area contributed by atoms with Crippen molar-refractivity contribution in [2.45, 2.75) is 33.2 Å². The van der Waals surface area contributed by atoms with E-state index in [9.17, 15) is 0 Å². The fourth-order valence-corrected chi connectivity index (χ4v) is 2.83. The maximum atomic E-state index is 6.16. The average molecular weight is 322 g/mol. The van der Waals surface area contributed by atoms with Gasteiger partial charge in [-0.3, -0.25) is 0 Å². The first-order chi connectivity index (χ1) is 10.0. The number of rotatable bonds is 5. The molecule has 1 atom stereocenters. The Morgan fingerprint density at radius 3 is 2.43 bits per heavy atom. The largest absolute Gasteiger partial charge is 0.310 e. The summed E-state index contributed by atoms with van der Waals surface area (Å²) < 4.78 is 0. The van der Waals surface area contributed by atoms with Crippen molar-refractivity contribution in [2.24, 2.45) is 0 Å². The minimum atomic E-state index is 0.241. The summed E-state index contributed by atoms with van der Waals surface area (Å²) in [6, 6.07) is 12.7. The zero-order valence-electron chi connectivity index (χ0n) is 12.7. The Hall–Kier alpha value is -1.02. The van der Waals surface area contributed by atoms with Gasteiger partial charge in [-0.05, 0) is 55.6 Å². The van der Waals surface area contributed by atoms with Gasteiger partial charge in [-0.25, -0.2) is 0 Å². The molecule has 2 rings (SSSR count). The summed E-state index contributed by atoms with van der Waals surface area (Å²) in [5.41, 5.74) is 5.16. The highest BCUT2D eigenvalue weighted by Crippen LogP contribution is 2.28. The molecule has 21 heavy (non-hydrogen) atoms. The van der Waals surface area contributed by atoms with E-state index in [2.05, 4.69) is 44.3 Å². The van der Waals surface area contributed by atoms with Crippen LogP contribution >= 0.6 is 23.2 Å². The zero-order chi connectivity index (χ0) is 15.4. The van der Waals surface area contributed by atoms with Crippen LogP contribution in [0.25, 0.3) is 0 Å². The Labute approximate surface area is 137 Å². The van der Waals surface area contributed by atoms with Gasteiger partial charge in [0.15, 0.2) is 0 Å². The van der Waals surface area contributed by atoms with Gasteiger partial charge >= 0.3 is 0 Å². The van der Waals surface area contributed by atoms with Gasteiger partial charge in [-0.15, -0.1) is 0 Å². The van der Waals surface area contributed by atoms with Crippen LogP contribution in [0.3, 0.4) is 0 Å². The van der Waals surface area contributed by atoms with Crippen LogP contribution < -0.4 is 5.32 Å². The molecule has 0 saturated heterocycles. The zero-order valence-corrected chi connectivity index (χ0v) is 14.2. The molecule has 0 aromatic heterocycles. The molecule has 0 aliphatic carbocycles. The summed E-state index contributed by atoms with van der Waals surface area (Å²) in [7, 11) is 0. The van der Waals surface area contributed by atoms with Crippen molar-refractivity contribution in [1.29, 1.82) is 0 Å². The molecule has 0 bridgehead atoms. The van der Waals surface area contributed by atoms with Crippen molar-refractivity contribution >= 4 is 23.2 Å². The number of aryl methyl sites for hydroxylation is 2. The number of hydrogen-bond acceptors (Lipinski definition) is 1. The topological polar surface area (TPSA) is 12.0 Å². The predicted molar refractivity (Wildman–Crippen MR) is 92.5 cm³/mol. The number of benzene rings is 2. The monoisotopic (exact) mass is 321 g/mol. The lowest BCUT2D eigenvalue weighted by Gasteiger charge is -2.20. The van der Waals surface area contributed by atoms with Gasteiger partial charge in [0, 0.05) is 6.04 Å². The Bertz CT molecular complexity index is 623. The molecule has 0 heterocycles. The Balaban J connectivity index is 2.30. The first kappa shape index (κ1) is 16.4. The molecule has 2 aromatic carbocycles. The summed E-state index contributed by atoms with van der Waals surface area (Å²) >= 11 is 12.2. The third-order valence-corrected chi connectivity index (χ3v) is 4.46. The highest BCUT2D eigenvalue weighted by atomic mass is 35.5. The van der Waals surface area contributed by atoms with Crippen LogP contribution in [0.5, 0.6) is 0 Å². The van der Waals surface area contributed by atoms with Gasteiger partial charge in [-0.2, -0.15) is 0 Å². The molecule has 3 heteroatoms. The van der Waals surface area contributed by atoms with Gasteiger partial charge in [-0.1, -0.05) is 60.0 Å². The molecule has 1 N–H and O–H groups in total. The van der Waals surface area contributed by atoms with Crippen LogP contribution in [0.1, 0.15) is 35.2 Å². The molecule has 1 nitrogen and oxygen atoms in total. The Morgan fingerprint density at radius 2 is 1.76 bits per heavy atom. The lowest BCUT2D eigenvalue weighted by Crippen LogP contribution is -2.23. The summed E-state index contributed by atoms with van der Waals surface area (Å²) in [5.74, 6) is 0. The molecule has 0 spiro atoms. The van der Waals surface area contributed by atoms with E-state index in [0.29, 0.717) is 10.0 Å². The first-order valence-electron chi connectivity index (χ1n) is 7.25. The van der Waals surface area contributed by atoms with Crippen LogP contribution in [0, 0.1) is 13.8 Å². The SMILES string of the molecule is CCNC(Cc1cc(C)ccc1C)c1ccc(Cl)c(Cl)c1. The third kappa shape index (κ3) is 4.23. The Morgan fingerprint density at radius 1 is 1.00 bits per heavy atom. The number of halogens is 2. The van der Waals surface area contributed by atoms with Crippen LogP contribution in [0.4, 0.5) is 0 Å². The molecule has 112 valence electrons. The molecule has 0 aliphatic rings. The summed E-state index contributed by atoms with van der Waals surface area (Å²) in [6.07, 6.45) is 0.944. The van der Waals surface area contributed by atoms with Crippen LogP contribution in [0.2, 0.25) is 10.0 Å². The molecule has 0 aliphatic heterocycles. The van der Waals surface area contributed by atoms with Crippen LogP contribution in [-0.4, -0.2) is 6.54 Å². The molecule has 0 radical (unpaired) electrons. The average Bonchev–Trinajstić information content (AvgIpc) is 2.45. The van der Waals surface area contributed by atoms with E-state index in [1.165, 1.54) is 22.3 Å². The lowest BCUT2D eigenvalue weighted by atomic mass is 9.95. The maximum Gasteiger partial charge on any atom is 0.0595 e. The van der Waals surface area contributed by atoms with Gasteiger partial charge in [0.1, 0.15) is 0 Å². The molecular weight excluding hydrogens is 301 g/mol. The van der Waals surface area contributed by atoms with Crippen molar-refractivity contribution in [3.8, 4) is 0 Å². The highest BCUT2D eigenvalue weighted by molar-refractivity contribution is 6.42. The molecule has 0 saturated carbocycles. The Kier molecular flexibility index (Phi) is 5.69. The van der Waals surface area contributed by atoms with Gasteiger partial charge in [0.05, 0.1) is 10.0 Å². The summed E-state index contributed by atoms with van der Waals surface area (Å²) in [4.78, 5) is 0. The summed E-state index contributed by atoms with van der Waals surface area (Å²) in [6.45, 7) is 7.32. The second-order valence-corrected chi connectivity index (χ2v) is 6.23. The van der Waals surface area contributed by atoms with E-state index in [1.54, 1.807) is 0 Å². The highest BCUT2D eigenvalue weighted by Gasteiger charge is 2.14. The molecule has 1 unspecified atom stereocenters. The lowest BCUT2D eigenvalue weighted by molar-refractivity contribution is 0.548. The summed E-state index contributed by atoms with van der Waals surface area (Å²) in [5, 5.41) is 4.75. The van der Waals surface area contributed by atoms with Crippen LogP contribution in [-0.2, 0) is 6.42 Å². The fraction of sp³-hybridized carbons (Fsp3) is 0.333. The second kappa shape index (κ2) is 7.31. The van der Waals surface area contributed by atoms with Gasteiger partial charge in [0.2, 0.25) is 0 Å². The van der Waals surface area contributed by atoms with Gasteiger partial charge < -0.3 is 5.32 Å². The van der Waals surface area contributed by atoms with E-state index < -0.39 is 0 Å². The fourth-order valence-electron chi connectivity index (χ4n) is 2.52. The number of nitrogens with one attached hydrogen (secondary N) is 1. The standard InChI is InChI=1S/C18H21Cl2N/c1-4-21-18(14-7-8-16(19)17(20)10-14)11-15-9-12(2)5-6-13(15)3/h5-10,18,21H,4,11H2,1-3H3. The van der Waals surface area contributed by atoms with E-state index in [1.807, 2.05) is 18.2 Å². The van der Waals surface area contributed by atoms with E-state index in [4.69, 9.17) is 23.2 Å². The van der Waals surface area contributed by atoms with Crippen molar-refractivity contribution in [1.82, 2.24) is 5.32 Å². The van der Waals surface area contributed by atoms with E-state index >= 15 is 0 Å². The number of likely N-dealkylation sites (N-methyl/N-ethyl adjacent to an activating group) is 1. The van der Waals surface area contributed by atoms with Crippen LogP contribution in [0.15, 0.2) is 36.4 Å². The molecule has 0 fully saturated rings. The van der Waals surface area contributed by atoms with Crippen molar-refractivity contribution in [3.05, 3.63) is 68.7 Å². The number of hydrogen-bond donors (Lipinski definition) is 1. The van der Waals surface area contributed by atoms with Crippen molar-refractivity contribution in [3.63, 3.8) is 0 Å². The first-order valence-corrected chi connectivity index (χ1v) is 8.01. The third-order valence-electron chi connectivity index (χ3n) is 3.73.